The first kappa shape index (κ1) is 35.3. The Morgan fingerprint density at radius 3 is 2.31 bits per heavy atom. The molecule has 0 unspecified atom stereocenters. The van der Waals surface area contributed by atoms with Gasteiger partial charge in [0.05, 0.1) is 41.7 Å². The summed E-state index contributed by atoms with van der Waals surface area (Å²) in [4.78, 5) is 13.4. The minimum atomic E-state index is -1.62. The summed E-state index contributed by atoms with van der Waals surface area (Å²) in [6, 6.07) is 0. The number of aliphatic hydroxyl groups is 9. The second-order valence-electron chi connectivity index (χ2n) is 16.0. The molecule has 3 saturated carbocycles. The lowest BCUT2D eigenvalue weighted by molar-refractivity contribution is -0.324. The molecular formula is C33H54O12. The molecule has 1 saturated heterocycles. The molecule has 0 amide bonds. The lowest BCUT2D eigenvalue weighted by atomic mass is 9.45. The van der Waals surface area contributed by atoms with Gasteiger partial charge in [-0.15, -0.1) is 0 Å². The Morgan fingerprint density at radius 1 is 1.00 bits per heavy atom. The van der Waals surface area contributed by atoms with Crippen molar-refractivity contribution in [2.75, 3.05) is 6.61 Å². The van der Waals surface area contributed by atoms with E-state index in [1.165, 1.54) is 0 Å². The van der Waals surface area contributed by atoms with E-state index >= 15 is 0 Å². The van der Waals surface area contributed by atoms with Crippen molar-refractivity contribution in [3.8, 4) is 0 Å². The van der Waals surface area contributed by atoms with Gasteiger partial charge >= 0.3 is 0 Å². The number of aliphatic hydroxyl groups excluding tert-OH is 7. The molecule has 0 radical (unpaired) electrons. The second-order valence-corrected chi connectivity index (χ2v) is 16.0. The van der Waals surface area contributed by atoms with Crippen LogP contribution in [-0.2, 0) is 14.3 Å². The Bertz CT molecular complexity index is 1150. The third-order valence-corrected chi connectivity index (χ3v) is 12.8. The molecule has 1 heterocycles. The number of hydrogen-bond donors (Lipinski definition) is 9. The molecule has 12 nitrogen and oxygen atoms in total. The number of rotatable bonds is 8. The van der Waals surface area contributed by atoms with E-state index in [4.69, 9.17) is 9.47 Å². The van der Waals surface area contributed by atoms with E-state index in [-0.39, 0.29) is 37.4 Å². The van der Waals surface area contributed by atoms with E-state index < -0.39 is 95.1 Å². The van der Waals surface area contributed by atoms with Crippen LogP contribution < -0.4 is 0 Å². The maximum Gasteiger partial charge on any atom is 0.187 e. The summed E-state index contributed by atoms with van der Waals surface area (Å²) >= 11 is 0. The van der Waals surface area contributed by atoms with E-state index in [0.717, 1.165) is 0 Å². The lowest BCUT2D eigenvalue weighted by Crippen LogP contribution is -2.63. The predicted molar refractivity (Wildman–Crippen MR) is 159 cm³/mol. The first-order valence-electron chi connectivity index (χ1n) is 16.5. The van der Waals surface area contributed by atoms with Crippen LogP contribution in [0.3, 0.4) is 0 Å². The van der Waals surface area contributed by atoms with Crippen LogP contribution in [0.2, 0.25) is 0 Å². The zero-order valence-electron chi connectivity index (χ0n) is 27.0. The summed E-state index contributed by atoms with van der Waals surface area (Å²) < 4.78 is 11.4. The molecule has 45 heavy (non-hydrogen) atoms. The van der Waals surface area contributed by atoms with Gasteiger partial charge in [-0.1, -0.05) is 13.8 Å². The summed E-state index contributed by atoms with van der Waals surface area (Å²) in [7, 11) is 0. The van der Waals surface area contributed by atoms with Gasteiger partial charge in [0.2, 0.25) is 0 Å². The molecule has 0 aromatic heterocycles. The largest absolute Gasteiger partial charge is 0.394 e. The Balaban J connectivity index is 1.30. The fourth-order valence-electron chi connectivity index (χ4n) is 9.85. The smallest absolute Gasteiger partial charge is 0.187 e. The summed E-state index contributed by atoms with van der Waals surface area (Å²) in [5.41, 5.74) is -4.84. The summed E-state index contributed by atoms with van der Waals surface area (Å²) in [5.74, 6) is -1.26. The number of ether oxygens (including phenoxy) is 2. The van der Waals surface area contributed by atoms with Crippen molar-refractivity contribution in [1.29, 1.82) is 0 Å². The average molecular weight is 643 g/mol. The highest BCUT2D eigenvalue weighted by Gasteiger charge is 2.69. The molecule has 15 atom stereocenters. The van der Waals surface area contributed by atoms with Crippen molar-refractivity contribution in [3.05, 3.63) is 11.6 Å². The molecule has 5 rings (SSSR count). The topological polar surface area (TPSA) is 218 Å². The maximum absolute atomic E-state index is 13.4. The molecule has 4 fully saturated rings. The molecule has 1 aliphatic heterocycles. The van der Waals surface area contributed by atoms with Crippen molar-refractivity contribution < 1.29 is 60.2 Å². The number of hydrogen-bond acceptors (Lipinski definition) is 12. The third kappa shape index (κ3) is 5.55. The fourth-order valence-corrected chi connectivity index (χ4v) is 9.85. The van der Waals surface area contributed by atoms with Crippen LogP contribution in [0, 0.1) is 28.6 Å². The van der Waals surface area contributed by atoms with Gasteiger partial charge in [-0.3, -0.25) is 4.79 Å². The molecular weight excluding hydrogens is 588 g/mol. The fraction of sp³-hybridized carbons (Fsp3) is 0.909. The number of fused-ring (bicyclic) bond motifs is 5. The average Bonchev–Trinajstić information content (AvgIpc) is 3.25. The summed E-state index contributed by atoms with van der Waals surface area (Å²) in [6.07, 6.45) is -6.04. The van der Waals surface area contributed by atoms with Crippen molar-refractivity contribution in [2.24, 2.45) is 28.6 Å². The van der Waals surface area contributed by atoms with Gasteiger partial charge in [0.1, 0.15) is 24.4 Å². The van der Waals surface area contributed by atoms with Crippen LogP contribution in [0.5, 0.6) is 0 Å². The minimum absolute atomic E-state index is 0.0895. The van der Waals surface area contributed by atoms with Crippen LogP contribution in [0.15, 0.2) is 11.6 Å². The van der Waals surface area contributed by atoms with Gasteiger partial charge in [0.15, 0.2) is 12.1 Å². The molecule has 9 N–H and O–H groups in total. The van der Waals surface area contributed by atoms with Crippen LogP contribution in [0.25, 0.3) is 0 Å². The summed E-state index contributed by atoms with van der Waals surface area (Å²) in [5, 5.41) is 96.7. The molecule has 5 aliphatic rings. The van der Waals surface area contributed by atoms with E-state index in [1.807, 2.05) is 13.8 Å². The molecule has 4 aliphatic carbocycles. The number of allylic oxidation sites excluding steroid dienone is 1. The molecule has 258 valence electrons. The van der Waals surface area contributed by atoms with E-state index in [9.17, 15) is 50.8 Å². The number of ketones is 1. The SMILES string of the molecule is CC(C)(CC[C@@H](O)[C@](C)(O)[C@H]1CC[C@@]2(O)C3=CC(=O)[C@@H]4C[C@@H](O)[C@@H](O)C[C@]4(C)[C@H]3CC[C@]12C)O[C@@H]1O[C@H](CO)[C@@H](O)[C@H](O)[C@H]1O. The maximum atomic E-state index is 13.4. The minimum Gasteiger partial charge on any atom is -0.394 e. The molecule has 0 aromatic rings. The summed E-state index contributed by atoms with van der Waals surface area (Å²) in [6.45, 7) is 8.30. The Morgan fingerprint density at radius 2 is 1.67 bits per heavy atom. The molecule has 0 spiro atoms. The van der Waals surface area contributed by atoms with Gasteiger partial charge in [0.25, 0.3) is 0 Å². The first-order valence-corrected chi connectivity index (χ1v) is 16.5. The highest BCUT2D eigenvalue weighted by atomic mass is 16.7. The third-order valence-electron chi connectivity index (χ3n) is 12.8. The quantitative estimate of drug-likeness (QED) is 0.166. The Kier molecular flexibility index (Phi) is 9.28. The van der Waals surface area contributed by atoms with Crippen LogP contribution in [0.4, 0.5) is 0 Å². The predicted octanol–water partition coefficient (Wildman–Crippen LogP) is -0.322. The van der Waals surface area contributed by atoms with Crippen molar-refractivity contribution in [1.82, 2.24) is 0 Å². The van der Waals surface area contributed by atoms with Crippen molar-refractivity contribution >= 4 is 5.78 Å². The standard InChI is InChI=1S/C33H54O12/c1-29(2,45-28-27(41)26(40)25(39)22(15-34)44-28)9-8-24(38)32(5,42)23-7-11-33(43)17-12-19(35)18-13-20(36)21(37)14-30(18,3)16(17)6-10-31(23,33)4/h12,16,18,20-28,34,36-43H,6-11,13-15H2,1-5H3/t16-,18-,20+,21-,22+,23-,24+,25+,26-,27+,28-,30+,31+,32+,33+/m0/s1. The van der Waals surface area contributed by atoms with Gasteiger partial charge in [-0.05, 0) is 101 Å². The second kappa shape index (κ2) is 11.8. The first-order chi connectivity index (χ1) is 20.7. The van der Waals surface area contributed by atoms with Gasteiger partial charge in [0, 0.05) is 11.3 Å². The molecule has 0 bridgehead atoms. The Labute approximate surface area is 264 Å². The van der Waals surface area contributed by atoms with Gasteiger partial charge in [-0.25, -0.2) is 0 Å². The van der Waals surface area contributed by atoms with Crippen molar-refractivity contribution in [2.45, 2.75) is 152 Å². The lowest BCUT2D eigenvalue weighted by Gasteiger charge is -2.60. The van der Waals surface area contributed by atoms with Crippen LogP contribution >= 0.6 is 0 Å². The van der Waals surface area contributed by atoms with Gasteiger partial charge in [-0.2, -0.15) is 0 Å². The number of carbonyl (C=O) groups excluding carboxylic acids is 1. The van der Waals surface area contributed by atoms with E-state index in [0.29, 0.717) is 31.3 Å². The molecule has 12 heteroatoms. The van der Waals surface area contributed by atoms with Crippen molar-refractivity contribution in [3.63, 3.8) is 0 Å². The normalized spacial score (nSPS) is 48.9. The zero-order chi connectivity index (χ0) is 33.5. The van der Waals surface area contributed by atoms with E-state index in [1.54, 1.807) is 26.8 Å². The van der Waals surface area contributed by atoms with E-state index in [2.05, 4.69) is 0 Å². The highest BCUT2D eigenvalue weighted by molar-refractivity contribution is 5.95. The number of carbonyl (C=O) groups is 1. The zero-order valence-corrected chi connectivity index (χ0v) is 27.0. The Hall–Kier alpha value is -1.03. The monoisotopic (exact) mass is 642 g/mol. The highest BCUT2D eigenvalue weighted by Crippen LogP contribution is 2.68. The van der Waals surface area contributed by atoms with Gasteiger partial charge < -0.3 is 55.4 Å². The van der Waals surface area contributed by atoms with Crippen LogP contribution in [0.1, 0.15) is 86.0 Å². The van der Waals surface area contributed by atoms with Crippen LogP contribution in [-0.4, -0.2) is 124 Å². The molecule has 0 aromatic carbocycles.